The van der Waals surface area contributed by atoms with Crippen LogP contribution < -0.4 is 10.6 Å². The molecule has 1 amide bonds. The van der Waals surface area contributed by atoms with Gasteiger partial charge in [0.1, 0.15) is 12.2 Å². The summed E-state index contributed by atoms with van der Waals surface area (Å²) in [5, 5.41) is 7.47. The number of hydrogen-bond acceptors (Lipinski definition) is 3. The Kier molecular flexibility index (Phi) is 3.69. The Morgan fingerprint density at radius 3 is 3.10 bits per heavy atom. The van der Waals surface area contributed by atoms with Crippen LogP contribution >= 0.6 is 0 Å². The van der Waals surface area contributed by atoms with Crippen molar-refractivity contribution < 1.29 is 4.79 Å². The van der Waals surface area contributed by atoms with Gasteiger partial charge in [-0.1, -0.05) is 0 Å². The molecule has 5 nitrogen and oxygen atoms in total. The van der Waals surface area contributed by atoms with E-state index in [1.807, 2.05) is 23.8 Å². The van der Waals surface area contributed by atoms with Crippen molar-refractivity contribution in [2.24, 2.45) is 0 Å². The fourth-order valence-corrected chi connectivity index (χ4v) is 2.41. The van der Waals surface area contributed by atoms with Gasteiger partial charge in [0.05, 0.1) is 0 Å². The Balaban J connectivity index is 1.84. The lowest BCUT2D eigenvalue weighted by atomic mass is 10.2. The predicted molar refractivity (Wildman–Crippen MR) is 78.3 cm³/mol. The number of carbonyl (C=O) groups is 1. The van der Waals surface area contributed by atoms with Crippen molar-refractivity contribution in [3.05, 3.63) is 30.1 Å². The van der Waals surface area contributed by atoms with Gasteiger partial charge in [0, 0.05) is 36.9 Å². The first kappa shape index (κ1) is 13.1. The van der Waals surface area contributed by atoms with E-state index in [2.05, 4.69) is 21.7 Å². The maximum Gasteiger partial charge on any atom is 0.239 e. The molecule has 2 aromatic heterocycles. The summed E-state index contributed by atoms with van der Waals surface area (Å²) >= 11 is 0. The fraction of sp³-hybridized carbons (Fsp3) is 0.467. The summed E-state index contributed by atoms with van der Waals surface area (Å²) in [7, 11) is 0. The maximum atomic E-state index is 11.8. The number of nitrogens with one attached hydrogen (secondary N) is 2. The Bertz CT molecular complexity index is 615. The number of pyridine rings is 1. The number of aromatic nitrogens is 2. The quantitative estimate of drug-likeness (QED) is 0.836. The van der Waals surface area contributed by atoms with Gasteiger partial charge in [0.25, 0.3) is 0 Å². The fourth-order valence-electron chi connectivity index (χ4n) is 2.41. The highest BCUT2D eigenvalue weighted by Crippen LogP contribution is 2.23. The molecule has 0 unspecified atom stereocenters. The largest absolute Gasteiger partial charge is 0.355 e. The van der Waals surface area contributed by atoms with Crippen molar-refractivity contribution in [1.82, 2.24) is 20.2 Å². The molecule has 0 bridgehead atoms. The van der Waals surface area contributed by atoms with Crippen LogP contribution in [0.4, 0.5) is 0 Å². The minimum atomic E-state index is 0.0248. The van der Waals surface area contributed by atoms with Crippen LogP contribution in [-0.4, -0.2) is 28.0 Å². The molecular weight excluding hydrogens is 252 g/mol. The summed E-state index contributed by atoms with van der Waals surface area (Å²) < 4.78 is 1.93. The van der Waals surface area contributed by atoms with Gasteiger partial charge in [0.15, 0.2) is 0 Å². The zero-order valence-electron chi connectivity index (χ0n) is 11.7. The van der Waals surface area contributed by atoms with Crippen LogP contribution in [-0.2, 0) is 17.9 Å². The van der Waals surface area contributed by atoms with E-state index >= 15 is 0 Å². The van der Waals surface area contributed by atoms with E-state index in [0.717, 1.165) is 17.6 Å². The first-order valence-corrected chi connectivity index (χ1v) is 7.20. The second-order valence-corrected chi connectivity index (χ2v) is 5.27. The first-order chi connectivity index (χ1) is 9.78. The molecule has 0 atom stereocenters. The van der Waals surface area contributed by atoms with Crippen LogP contribution in [0, 0.1) is 0 Å². The van der Waals surface area contributed by atoms with Crippen molar-refractivity contribution in [3.8, 4) is 0 Å². The van der Waals surface area contributed by atoms with Crippen molar-refractivity contribution in [1.29, 1.82) is 0 Å². The van der Waals surface area contributed by atoms with Crippen LogP contribution in [0.2, 0.25) is 0 Å². The smallest absolute Gasteiger partial charge is 0.239 e. The van der Waals surface area contributed by atoms with Crippen molar-refractivity contribution in [2.45, 2.75) is 38.9 Å². The molecule has 0 aromatic carbocycles. The Morgan fingerprint density at radius 1 is 1.50 bits per heavy atom. The Labute approximate surface area is 118 Å². The molecule has 2 heterocycles. The lowest BCUT2D eigenvalue weighted by Gasteiger charge is -2.04. The summed E-state index contributed by atoms with van der Waals surface area (Å²) in [6, 6.07) is 4.69. The molecule has 106 valence electrons. The molecule has 20 heavy (non-hydrogen) atoms. The van der Waals surface area contributed by atoms with Gasteiger partial charge in [-0.05, 0) is 37.5 Å². The summed E-state index contributed by atoms with van der Waals surface area (Å²) in [4.78, 5) is 16.2. The second-order valence-electron chi connectivity index (χ2n) is 5.27. The molecule has 0 spiro atoms. The van der Waals surface area contributed by atoms with Crippen LogP contribution in [0.25, 0.3) is 11.0 Å². The topological polar surface area (TPSA) is 59.0 Å². The monoisotopic (exact) mass is 272 g/mol. The number of fused-ring (bicyclic) bond motifs is 1. The van der Waals surface area contributed by atoms with Gasteiger partial charge < -0.3 is 15.2 Å². The van der Waals surface area contributed by atoms with Gasteiger partial charge in [-0.25, -0.2) is 4.98 Å². The van der Waals surface area contributed by atoms with Gasteiger partial charge in [-0.3, -0.25) is 4.79 Å². The highest BCUT2D eigenvalue weighted by atomic mass is 16.1. The lowest BCUT2D eigenvalue weighted by molar-refractivity contribution is -0.121. The number of carbonyl (C=O) groups excluding carboxylic acids is 1. The zero-order chi connectivity index (χ0) is 13.9. The summed E-state index contributed by atoms with van der Waals surface area (Å²) in [5.41, 5.74) is 2.09. The van der Waals surface area contributed by atoms with Gasteiger partial charge >= 0.3 is 0 Å². The average Bonchev–Trinajstić information content (AvgIpc) is 3.21. The molecule has 1 fully saturated rings. The van der Waals surface area contributed by atoms with Gasteiger partial charge in [-0.15, -0.1) is 0 Å². The van der Waals surface area contributed by atoms with E-state index in [1.54, 1.807) is 6.20 Å². The predicted octanol–water partition coefficient (Wildman–Crippen LogP) is 1.42. The first-order valence-electron chi connectivity index (χ1n) is 7.20. The molecule has 1 aliphatic carbocycles. The number of hydrogen-bond donors (Lipinski definition) is 2. The highest BCUT2D eigenvalue weighted by Gasteiger charge is 2.21. The van der Waals surface area contributed by atoms with E-state index in [0.29, 0.717) is 19.1 Å². The summed E-state index contributed by atoms with van der Waals surface area (Å²) in [6.07, 6.45) is 6.36. The summed E-state index contributed by atoms with van der Waals surface area (Å²) in [6.45, 7) is 3.75. The van der Waals surface area contributed by atoms with Gasteiger partial charge in [-0.2, -0.15) is 0 Å². The third kappa shape index (κ3) is 2.82. The molecule has 1 aliphatic rings. The second kappa shape index (κ2) is 5.63. The number of nitrogens with zero attached hydrogens (tertiary/aromatic N) is 2. The van der Waals surface area contributed by atoms with Crippen molar-refractivity contribution in [2.75, 3.05) is 6.54 Å². The Hall–Kier alpha value is -1.88. The molecule has 2 N–H and O–H groups in total. The van der Waals surface area contributed by atoms with Gasteiger partial charge in [0.2, 0.25) is 5.91 Å². The van der Waals surface area contributed by atoms with Crippen molar-refractivity contribution in [3.63, 3.8) is 0 Å². The standard InChI is InChI=1S/C15H20N4O/c1-2-16-14(20)10-19-9-11(8-18-12-5-6-12)13-4-3-7-17-15(13)19/h3-4,7,9,12,18H,2,5-6,8,10H2,1H3,(H,16,20). The van der Waals surface area contributed by atoms with E-state index < -0.39 is 0 Å². The molecule has 0 radical (unpaired) electrons. The molecular formula is C15H20N4O. The zero-order valence-corrected chi connectivity index (χ0v) is 11.7. The van der Waals surface area contributed by atoms with Crippen LogP contribution in [0.1, 0.15) is 25.3 Å². The van der Waals surface area contributed by atoms with Crippen LogP contribution in [0.3, 0.4) is 0 Å². The summed E-state index contributed by atoms with van der Waals surface area (Å²) in [5.74, 6) is 0.0248. The molecule has 2 aromatic rings. The minimum Gasteiger partial charge on any atom is -0.355 e. The number of rotatable bonds is 6. The molecule has 0 saturated heterocycles. The van der Waals surface area contributed by atoms with E-state index in [-0.39, 0.29) is 5.91 Å². The molecule has 5 heteroatoms. The van der Waals surface area contributed by atoms with Crippen LogP contribution in [0.5, 0.6) is 0 Å². The Morgan fingerprint density at radius 2 is 2.35 bits per heavy atom. The molecule has 3 rings (SSSR count). The normalized spacial score (nSPS) is 14.7. The highest BCUT2D eigenvalue weighted by molar-refractivity contribution is 5.83. The molecule has 0 aliphatic heterocycles. The van der Waals surface area contributed by atoms with E-state index in [4.69, 9.17) is 0 Å². The number of amides is 1. The number of likely N-dealkylation sites (N-methyl/N-ethyl adjacent to an activating group) is 1. The lowest BCUT2D eigenvalue weighted by Crippen LogP contribution is -2.26. The molecule has 1 saturated carbocycles. The van der Waals surface area contributed by atoms with E-state index in [9.17, 15) is 4.79 Å². The maximum absolute atomic E-state index is 11.8. The minimum absolute atomic E-state index is 0.0248. The average molecular weight is 272 g/mol. The van der Waals surface area contributed by atoms with E-state index in [1.165, 1.54) is 18.4 Å². The third-order valence-electron chi connectivity index (χ3n) is 3.56. The van der Waals surface area contributed by atoms with Crippen LogP contribution in [0.15, 0.2) is 24.5 Å². The van der Waals surface area contributed by atoms with Crippen molar-refractivity contribution >= 4 is 16.9 Å². The third-order valence-corrected chi connectivity index (χ3v) is 3.56. The SMILES string of the molecule is CCNC(=O)Cn1cc(CNC2CC2)c2cccnc21.